The Labute approximate surface area is 257 Å². The lowest BCUT2D eigenvalue weighted by atomic mass is 9.81. The van der Waals surface area contributed by atoms with Crippen LogP contribution < -0.4 is 4.90 Å². The van der Waals surface area contributed by atoms with Gasteiger partial charge in [0.15, 0.2) is 0 Å². The van der Waals surface area contributed by atoms with Crippen molar-refractivity contribution < 1.29 is 0 Å². The highest BCUT2D eigenvalue weighted by Crippen LogP contribution is 2.52. The van der Waals surface area contributed by atoms with Crippen LogP contribution in [-0.2, 0) is 5.41 Å². The quantitative estimate of drug-likeness (QED) is 0.200. The van der Waals surface area contributed by atoms with Gasteiger partial charge in [-0.1, -0.05) is 99.3 Å². The first-order valence-electron chi connectivity index (χ1n) is 15.0. The van der Waals surface area contributed by atoms with Crippen molar-refractivity contribution in [2.75, 3.05) is 4.90 Å². The van der Waals surface area contributed by atoms with E-state index in [0.717, 1.165) is 11.3 Å². The largest absolute Gasteiger partial charge is 0.314 e. The Morgan fingerprint density at radius 2 is 1.37 bits per heavy atom. The van der Waals surface area contributed by atoms with E-state index in [2.05, 4.69) is 154 Å². The van der Waals surface area contributed by atoms with Crippen LogP contribution >= 0.6 is 11.3 Å². The molecule has 0 unspecified atom stereocenters. The number of hydrogen-bond acceptors (Lipinski definition) is 2. The highest BCUT2D eigenvalue weighted by atomic mass is 32.1. The van der Waals surface area contributed by atoms with Crippen LogP contribution in [-0.4, -0.2) is 0 Å². The van der Waals surface area contributed by atoms with Gasteiger partial charge < -0.3 is 4.90 Å². The van der Waals surface area contributed by atoms with Crippen LogP contribution in [0.25, 0.3) is 48.0 Å². The molecule has 2 heteroatoms. The van der Waals surface area contributed by atoms with Crippen LogP contribution in [0.2, 0.25) is 0 Å². The molecule has 0 N–H and O–H groups in total. The smallest absolute Gasteiger partial charge is 0.0539 e. The maximum absolute atomic E-state index is 4.55. The lowest BCUT2D eigenvalue weighted by Gasteiger charge is -2.32. The molecule has 0 saturated carbocycles. The van der Waals surface area contributed by atoms with Crippen LogP contribution in [0.1, 0.15) is 44.4 Å². The van der Waals surface area contributed by atoms with Crippen molar-refractivity contribution in [3.63, 3.8) is 0 Å². The molecule has 5 aromatic carbocycles. The molecular weight excluding hydrogens is 539 g/mol. The number of thiophene rings is 1. The van der Waals surface area contributed by atoms with E-state index in [1.54, 1.807) is 0 Å². The minimum atomic E-state index is -0.0769. The first-order chi connectivity index (χ1) is 20.8. The van der Waals surface area contributed by atoms with Crippen LogP contribution in [0.3, 0.4) is 0 Å². The average molecular weight is 572 g/mol. The van der Waals surface area contributed by atoms with E-state index in [1.165, 1.54) is 76.1 Å². The molecule has 6 aromatic rings. The maximum Gasteiger partial charge on any atom is 0.0539 e. The molecule has 208 valence electrons. The zero-order valence-electron chi connectivity index (χ0n) is 25.0. The fourth-order valence-corrected chi connectivity index (χ4v) is 8.50. The zero-order chi connectivity index (χ0) is 29.5. The number of nitrogens with zero attached hydrogens (tertiary/aromatic N) is 1. The topological polar surface area (TPSA) is 3.24 Å². The van der Waals surface area contributed by atoms with Crippen molar-refractivity contribution in [3.8, 4) is 22.3 Å². The predicted molar refractivity (Wildman–Crippen MR) is 187 cm³/mol. The highest BCUT2D eigenvalue weighted by molar-refractivity contribution is 7.26. The second kappa shape index (κ2) is 9.42. The fourth-order valence-electron chi connectivity index (χ4n) is 7.26. The van der Waals surface area contributed by atoms with Gasteiger partial charge in [0, 0.05) is 42.5 Å². The molecule has 0 fully saturated rings. The highest BCUT2D eigenvalue weighted by Gasteiger charge is 2.37. The molecule has 0 radical (unpaired) electrons. The summed E-state index contributed by atoms with van der Waals surface area (Å²) in [4.78, 5) is 2.42. The summed E-state index contributed by atoms with van der Waals surface area (Å²) in [7, 11) is 0. The Morgan fingerprint density at radius 3 is 2.21 bits per heavy atom. The van der Waals surface area contributed by atoms with Gasteiger partial charge in [0.25, 0.3) is 0 Å². The van der Waals surface area contributed by atoms with Crippen molar-refractivity contribution in [2.24, 2.45) is 0 Å². The molecule has 8 rings (SSSR count). The van der Waals surface area contributed by atoms with Gasteiger partial charge in [-0.05, 0) is 94.8 Å². The third-order valence-electron chi connectivity index (χ3n) is 9.32. The van der Waals surface area contributed by atoms with Gasteiger partial charge in [0.2, 0.25) is 0 Å². The Hall–Kier alpha value is -4.66. The van der Waals surface area contributed by atoms with E-state index in [9.17, 15) is 0 Å². The zero-order valence-corrected chi connectivity index (χ0v) is 25.8. The number of anilines is 2. The van der Waals surface area contributed by atoms with Crippen molar-refractivity contribution in [1.82, 2.24) is 0 Å². The van der Waals surface area contributed by atoms with Gasteiger partial charge in [-0.15, -0.1) is 11.3 Å². The van der Waals surface area contributed by atoms with Gasteiger partial charge in [0.1, 0.15) is 0 Å². The number of hydrogen-bond donors (Lipinski definition) is 0. The molecule has 0 spiro atoms. The Kier molecular flexibility index (Phi) is 5.70. The molecule has 0 bridgehead atoms. The van der Waals surface area contributed by atoms with Crippen LogP contribution in [0.5, 0.6) is 0 Å². The first-order valence-corrected chi connectivity index (χ1v) is 15.8. The molecule has 1 aromatic heterocycles. The fraction of sp³-hybridized carbons (Fsp3) is 0.122. The van der Waals surface area contributed by atoms with Gasteiger partial charge >= 0.3 is 0 Å². The lowest BCUT2D eigenvalue weighted by Crippen LogP contribution is -2.20. The van der Waals surface area contributed by atoms with Crippen LogP contribution in [0.15, 0.2) is 133 Å². The number of benzene rings is 5. The molecule has 0 amide bonds. The van der Waals surface area contributed by atoms with E-state index < -0.39 is 0 Å². The van der Waals surface area contributed by atoms with Crippen molar-refractivity contribution in [1.29, 1.82) is 0 Å². The standard InChI is InChI=1S/C41H33NS/c1-25-21-26(2)34-23-35-31-11-6-8-15-36(31)41(4,5)37(35)24-38(34)42(27(3)22-25)29-19-17-28(18-20-29)30-13-10-14-33-32-12-7-9-16-39(32)43-40(30)33/h6-24H,2H2,1,3-5H3/b25-21-,27-22-. The van der Waals surface area contributed by atoms with Crippen molar-refractivity contribution in [3.05, 3.63) is 150 Å². The summed E-state index contributed by atoms with van der Waals surface area (Å²) in [5.74, 6) is 0. The molecule has 1 nitrogen and oxygen atoms in total. The van der Waals surface area contributed by atoms with Crippen molar-refractivity contribution in [2.45, 2.75) is 33.1 Å². The predicted octanol–water partition coefficient (Wildman–Crippen LogP) is 12.0. The van der Waals surface area contributed by atoms with E-state index in [-0.39, 0.29) is 5.41 Å². The second-order valence-electron chi connectivity index (χ2n) is 12.4. The lowest BCUT2D eigenvalue weighted by molar-refractivity contribution is 0.660. The maximum atomic E-state index is 4.55. The first kappa shape index (κ1) is 26.0. The monoisotopic (exact) mass is 571 g/mol. The molecule has 0 atom stereocenters. The van der Waals surface area contributed by atoms with Crippen LogP contribution in [0.4, 0.5) is 11.4 Å². The summed E-state index contributed by atoms with van der Waals surface area (Å²) in [5.41, 5.74) is 14.8. The Bertz CT molecular complexity index is 2190. The summed E-state index contributed by atoms with van der Waals surface area (Å²) in [5, 5.41) is 2.66. The Balaban J connectivity index is 1.29. The summed E-state index contributed by atoms with van der Waals surface area (Å²) in [6.07, 6.45) is 4.49. The third kappa shape index (κ3) is 3.90. The molecule has 1 aliphatic heterocycles. The summed E-state index contributed by atoms with van der Waals surface area (Å²) in [6.45, 7) is 13.6. The molecule has 43 heavy (non-hydrogen) atoms. The normalized spacial score (nSPS) is 17.9. The number of allylic oxidation sites excluding steroid dienone is 5. The van der Waals surface area contributed by atoms with Crippen LogP contribution in [0, 0.1) is 0 Å². The van der Waals surface area contributed by atoms with E-state index in [0.29, 0.717) is 0 Å². The minimum Gasteiger partial charge on any atom is -0.314 e. The Morgan fingerprint density at radius 1 is 0.651 bits per heavy atom. The number of rotatable bonds is 2. The second-order valence-corrected chi connectivity index (χ2v) is 13.5. The summed E-state index contributed by atoms with van der Waals surface area (Å²) >= 11 is 1.88. The van der Waals surface area contributed by atoms with E-state index >= 15 is 0 Å². The van der Waals surface area contributed by atoms with Gasteiger partial charge in [-0.3, -0.25) is 0 Å². The molecule has 1 aliphatic carbocycles. The average Bonchev–Trinajstić information content (AvgIpc) is 3.49. The molecule has 2 aliphatic rings. The molecule has 0 saturated heterocycles. The molecular formula is C41H33NS. The molecule has 2 heterocycles. The van der Waals surface area contributed by atoms with Gasteiger partial charge in [-0.2, -0.15) is 0 Å². The van der Waals surface area contributed by atoms with E-state index in [1.807, 2.05) is 11.3 Å². The summed E-state index contributed by atoms with van der Waals surface area (Å²) < 4.78 is 2.68. The van der Waals surface area contributed by atoms with E-state index in [4.69, 9.17) is 0 Å². The SMILES string of the molecule is C=C1/C=C(C)\C=C(\C)N(c2ccc(-c3cccc4c3sc3ccccc34)cc2)c2cc3c(cc21)-c1ccccc1C3(C)C. The van der Waals surface area contributed by atoms with Gasteiger partial charge in [-0.25, -0.2) is 0 Å². The summed E-state index contributed by atoms with van der Waals surface area (Å²) in [6, 6.07) is 38.2. The van der Waals surface area contributed by atoms with Crippen molar-refractivity contribution >= 4 is 48.5 Å². The number of fused-ring (bicyclic) bond motifs is 7. The van der Waals surface area contributed by atoms with Gasteiger partial charge in [0.05, 0.1) is 5.69 Å². The third-order valence-corrected chi connectivity index (χ3v) is 10.5. The minimum absolute atomic E-state index is 0.0769.